The van der Waals surface area contributed by atoms with E-state index in [1.807, 2.05) is 35.2 Å². The van der Waals surface area contributed by atoms with Crippen molar-refractivity contribution < 1.29 is 9.53 Å². The lowest BCUT2D eigenvalue weighted by Crippen LogP contribution is -2.39. The molecule has 0 bridgehead atoms. The molecule has 0 atom stereocenters. The molecule has 43 heavy (non-hydrogen) atoms. The van der Waals surface area contributed by atoms with Gasteiger partial charge in [0.05, 0.1) is 24.5 Å². The maximum atomic E-state index is 13.7. The number of hydrogen-bond donors (Lipinski definition) is 1. The Morgan fingerprint density at radius 2 is 1.86 bits per heavy atom. The number of carbonyl (C=O) groups is 1. The summed E-state index contributed by atoms with van der Waals surface area (Å²) in [5.74, 6) is 1.63. The molecule has 2 aliphatic rings. The number of nitrogens with zero attached hydrogens (tertiary/aromatic N) is 4. The third-order valence-corrected chi connectivity index (χ3v) is 8.34. The topological polar surface area (TPSA) is 80.2 Å². The van der Waals surface area contributed by atoms with E-state index in [4.69, 9.17) is 14.7 Å². The van der Waals surface area contributed by atoms with Crippen molar-refractivity contribution in [3.05, 3.63) is 113 Å². The highest BCUT2D eigenvalue weighted by atomic mass is 16.5. The quantitative estimate of drug-likeness (QED) is 0.242. The summed E-state index contributed by atoms with van der Waals surface area (Å²) >= 11 is 0. The Balaban J connectivity index is 1.19. The molecule has 2 amide bonds. The first-order valence-corrected chi connectivity index (χ1v) is 14.9. The van der Waals surface area contributed by atoms with E-state index in [1.54, 1.807) is 12.4 Å². The van der Waals surface area contributed by atoms with Crippen LogP contribution < -0.4 is 10.1 Å². The van der Waals surface area contributed by atoms with Crippen LogP contribution >= 0.6 is 0 Å². The van der Waals surface area contributed by atoms with Crippen LogP contribution in [0.2, 0.25) is 0 Å². The minimum Gasteiger partial charge on any atom is -0.493 e. The van der Waals surface area contributed by atoms with E-state index in [9.17, 15) is 4.79 Å². The molecular formula is C36H33N5O2. The SMILES string of the molecule is CCc1cc(NC(=O)N2CCc3nc(-c4cccnc4)nc(-c4ccccc4C)c3C2)cc(-c2ccc3c(c2)CCO3)c1. The van der Waals surface area contributed by atoms with Crippen molar-refractivity contribution in [2.45, 2.75) is 39.7 Å². The fourth-order valence-corrected chi connectivity index (χ4v) is 5.98. The number of benzene rings is 3. The van der Waals surface area contributed by atoms with Gasteiger partial charge in [-0.2, -0.15) is 0 Å². The third kappa shape index (κ3) is 5.34. The minimum atomic E-state index is -0.126. The van der Waals surface area contributed by atoms with Crippen molar-refractivity contribution in [3.8, 4) is 39.5 Å². The highest BCUT2D eigenvalue weighted by molar-refractivity contribution is 5.91. The Hall–Kier alpha value is -5.04. The Kier molecular flexibility index (Phi) is 7.07. The number of hydrogen-bond acceptors (Lipinski definition) is 5. The molecule has 0 unspecified atom stereocenters. The summed E-state index contributed by atoms with van der Waals surface area (Å²) in [5, 5.41) is 3.20. The molecule has 0 radical (unpaired) electrons. The van der Waals surface area contributed by atoms with Gasteiger partial charge in [0.1, 0.15) is 5.75 Å². The summed E-state index contributed by atoms with van der Waals surface area (Å²) in [5.41, 5.74) is 11.3. The maximum absolute atomic E-state index is 13.7. The van der Waals surface area contributed by atoms with Crippen LogP contribution in [0, 0.1) is 6.92 Å². The highest BCUT2D eigenvalue weighted by Crippen LogP contribution is 2.34. The molecule has 0 fully saturated rings. The standard InChI is InChI=1S/C36H33N5O2/c1-3-24-17-28(25-10-11-33-26(19-25)13-16-43-33)20-29(18-24)38-36(42)41-15-12-32-31(22-41)34(30-9-5-4-7-23(30)2)40-35(39-32)27-8-6-14-37-21-27/h4-11,14,17-21H,3,12-13,15-16,22H2,1-2H3,(H,38,42). The Morgan fingerprint density at radius 3 is 2.70 bits per heavy atom. The fraction of sp³-hybridized carbons (Fsp3) is 0.222. The molecule has 0 saturated carbocycles. The first kappa shape index (κ1) is 26.8. The van der Waals surface area contributed by atoms with Crippen molar-refractivity contribution >= 4 is 11.7 Å². The first-order chi connectivity index (χ1) is 21.1. The van der Waals surface area contributed by atoms with Crippen molar-refractivity contribution in [2.24, 2.45) is 0 Å². The van der Waals surface area contributed by atoms with Gasteiger partial charge in [0.2, 0.25) is 0 Å². The molecule has 0 aliphatic carbocycles. The van der Waals surface area contributed by atoms with Gasteiger partial charge in [-0.1, -0.05) is 43.3 Å². The predicted octanol–water partition coefficient (Wildman–Crippen LogP) is 7.27. The monoisotopic (exact) mass is 567 g/mol. The Morgan fingerprint density at radius 1 is 0.953 bits per heavy atom. The molecule has 7 nitrogen and oxygen atoms in total. The van der Waals surface area contributed by atoms with Gasteiger partial charge in [0.15, 0.2) is 5.82 Å². The van der Waals surface area contributed by atoms with Crippen LogP contribution in [-0.4, -0.2) is 39.0 Å². The molecule has 2 aliphatic heterocycles. The van der Waals surface area contributed by atoms with E-state index in [0.717, 1.165) is 75.7 Å². The number of ether oxygens (including phenoxy) is 1. The number of carbonyl (C=O) groups excluding carboxylic acids is 1. The number of urea groups is 1. The van der Waals surface area contributed by atoms with E-state index < -0.39 is 0 Å². The van der Waals surface area contributed by atoms with Crippen LogP contribution in [0.5, 0.6) is 5.75 Å². The summed E-state index contributed by atoms with van der Waals surface area (Å²) in [6, 6.07) is 24.7. The zero-order chi connectivity index (χ0) is 29.3. The molecule has 2 aromatic heterocycles. The third-order valence-electron chi connectivity index (χ3n) is 8.34. The van der Waals surface area contributed by atoms with Gasteiger partial charge in [-0.05, 0) is 77.6 Å². The zero-order valence-corrected chi connectivity index (χ0v) is 24.4. The summed E-state index contributed by atoms with van der Waals surface area (Å²) in [6.45, 7) is 5.96. The zero-order valence-electron chi connectivity index (χ0n) is 24.4. The number of aromatic nitrogens is 3. The lowest BCUT2D eigenvalue weighted by molar-refractivity contribution is 0.206. The van der Waals surface area contributed by atoms with Gasteiger partial charge in [-0.15, -0.1) is 0 Å². The Bertz CT molecular complexity index is 1840. The predicted molar refractivity (Wildman–Crippen MR) is 169 cm³/mol. The lowest BCUT2D eigenvalue weighted by atomic mass is 9.96. The Labute approximate surface area is 251 Å². The average Bonchev–Trinajstić information content (AvgIpc) is 3.53. The number of fused-ring (bicyclic) bond motifs is 2. The normalized spacial score (nSPS) is 13.7. The molecule has 7 heteroatoms. The summed E-state index contributed by atoms with van der Waals surface area (Å²) in [4.78, 5) is 29.9. The van der Waals surface area contributed by atoms with Crippen LogP contribution in [-0.2, 0) is 25.8 Å². The smallest absolute Gasteiger partial charge is 0.322 e. The second kappa shape index (κ2) is 11.3. The van der Waals surface area contributed by atoms with E-state index in [2.05, 4.69) is 66.6 Å². The van der Waals surface area contributed by atoms with Crippen LogP contribution in [0.1, 0.15) is 34.9 Å². The lowest BCUT2D eigenvalue weighted by Gasteiger charge is -2.30. The van der Waals surface area contributed by atoms with E-state index in [1.165, 1.54) is 11.1 Å². The largest absolute Gasteiger partial charge is 0.493 e. The van der Waals surface area contributed by atoms with Gasteiger partial charge in [0.25, 0.3) is 0 Å². The van der Waals surface area contributed by atoms with Crippen LogP contribution in [0.25, 0.3) is 33.8 Å². The fourth-order valence-electron chi connectivity index (χ4n) is 5.98. The van der Waals surface area contributed by atoms with Crippen LogP contribution in [0.15, 0.2) is 85.2 Å². The second-order valence-corrected chi connectivity index (χ2v) is 11.2. The number of aryl methyl sites for hydroxylation is 2. The maximum Gasteiger partial charge on any atom is 0.322 e. The van der Waals surface area contributed by atoms with E-state index in [0.29, 0.717) is 25.3 Å². The molecule has 0 saturated heterocycles. The van der Waals surface area contributed by atoms with Crippen molar-refractivity contribution in [3.63, 3.8) is 0 Å². The first-order valence-electron chi connectivity index (χ1n) is 14.9. The van der Waals surface area contributed by atoms with Crippen LogP contribution in [0.4, 0.5) is 10.5 Å². The number of pyridine rings is 1. The second-order valence-electron chi connectivity index (χ2n) is 11.2. The number of anilines is 1. The molecule has 3 aromatic carbocycles. The molecule has 4 heterocycles. The van der Waals surface area contributed by atoms with E-state index in [-0.39, 0.29) is 6.03 Å². The summed E-state index contributed by atoms with van der Waals surface area (Å²) in [6.07, 6.45) is 5.99. The molecule has 0 spiro atoms. The van der Waals surface area contributed by atoms with Crippen molar-refractivity contribution in [1.29, 1.82) is 0 Å². The van der Waals surface area contributed by atoms with Crippen molar-refractivity contribution in [1.82, 2.24) is 19.9 Å². The van der Waals surface area contributed by atoms with Gasteiger partial charge < -0.3 is 15.0 Å². The highest BCUT2D eigenvalue weighted by Gasteiger charge is 2.27. The summed E-state index contributed by atoms with van der Waals surface area (Å²) in [7, 11) is 0. The molecular weight excluding hydrogens is 534 g/mol. The minimum absolute atomic E-state index is 0.126. The summed E-state index contributed by atoms with van der Waals surface area (Å²) < 4.78 is 5.70. The number of nitrogens with one attached hydrogen (secondary N) is 1. The van der Waals surface area contributed by atoms with Gasteiger partial charge in [-0.3, -0.25) is 4.98 Å². The van der Waals surface area contributed by atoms with Crippen LogP contribution in [0.3, 0.4) is 0 Å². The van der Waals surface area contributed by atoms with Gasteiger partial charge in [-0.25, -0.2) is 14.8 Å². The van der Waals surface area contributed by atoms with Gasteiger partial charge >= 0.3 is 6.03 Å². The van der Waals surface area contributed by atoms with Crippen molar-refractivity contribution in [2.75, 3.05) is 18.5 Å². The van der Waals surface area contributed by atoms with E-state index >= 15 is 0 Å². The number of amides is 2. The molecule has 214 valence electrons. The number of rotatable bonds is 5. The van der Waals surface area contributed by atoms with Gasteiger partial charge in [0, 0.05) is 54.2 Å². The molecule has 7 rings (SSSR count). The molecule has 5 aromatic rings. The molecule has 1 N–H and O–H groups in total. The average molecular weight is 568 g/mol.